The second-order valence-electron chi connectivity index (χ2n) is 8.20. The number of rotatable bonds is 9. The summed E-state index contributed by atoms with van der Waals surface area (Å²) in [4.78, 5) is 40.8. The van der Waals surface area contributed by atoms with E-state index in [0.29, 0.717) is 32.4 Å². The van der Waals surface area contributed by atoms with Crippen LogP contribution in [0.25, 0.3) is 0 Å². The molecule has 3 amide bonds. The highest BCUT2D eigenvalue weighted by molar-refractivity contribution is 5.88. The van der Waals surface area contributed by atoms with Gasteiger partial charge in [0.1, 0.15) is 12.3 Å². The molecule has 0 aliphatic carbocycles. The number of benzene rings is 1. The van der Waals surface area contributed by atoms with Gasteiger partial charge in [0, 0.05) is 26.2 Å². The average molecular weight is 403 g/mol. The van der Waals surface area contributed by atoms with Crippen LogP contribution in [-0.4, -0.2) is 73.3 Å². The third kappa shape index (κ3) is 7.85. The van der Waals surface area contributed by atoms with Crippen molar-refractivity contribution in [2.24, 2.45) is 5.92 Å². The summed E-state index contributed by atoms with van der Waals surface area (Å²) in [7, 11) is 2.03. The number of carbonyl (C=O) groups is 3. The molecule has 0 spiro atoms. The summed E-state index contributed by atoms with van der Waals surface area (Å²) in [6, 6.07) is 8.42. The smallest absolute Gasteiger partial charge is 0.318 e. The van der Waals surface area contributed by atoms with E-state index in [1.807, 2.05) is 51.2 Å². The highest BCUT2D eigenvalue weighted by atomic mass is 16.2. The zero-order valence-corrected chi connectivity index (χ0v) is 17.8. The molecule has 0 bridgehead atoms. The topological polar surface area (TPSA) is 81.8 Å². The van der Waals surface area contributed by atoms with Gasteiger partial charge in [0.2, 0.25) is 5.91 Å². The van der Waals surface area contributed by atoms with Crippen LogP contribution in [0, 0.1) is 5.92 Å². The second kappa shape index (κ2) is 11.6. The van der Waals surface area contributed by atoms with Crippen LogP contribution in [0.15, 0.2) is 30.3 Å². The molecular weight excluding hydrogens is 368 g/mol. The minimum atomic E-state index is -0.652. The van der Waals surface area contributed by atoms with Crippen LogP contribution in [0.2, 0.25) is 0 Å². The number of aldehydes is 1. The predicted molar refractivity (Wildman–Crippen MR) is 114 cm³/mol. The molecule has 2 rings (SSSR count). The van der Waals surface area contributed by atoms with Gasteiger partial charge in [-0.05, 0) is 37.8 Å². The number of likely N-dealkylation sites (N-methyl/N-ethyl adjacent to an activating group) is 1. The molecule has 160 valence electrons. The summed E-state index contributed by atoms with van der Waals surface area (Å²) in [5.74, 6) is -0.0659. The summed E-state index contributed by atoms with van der Waals surface area (Å²) in [5.41, 5.74) is 1.12. The van der Waals surface area contributed by atoms with Crippen LogP contribution < -0.4 is 10.6 Å². The molecule has 1 aliphatic rings. The standard InChI is InChI=1S/C22H34N4O3/c1-17(2)15-20(24-22(29)26-13-11-25(3)12-14-26)21(28)23-19(16-27)10-9-18-7-5-4-6-8-18/h4-8,16-17,19-20H,9-15H2,1-3H3,(H,23,28)(H,24,29)/t19-,20-/m0/s1. The van der Waals surface area contributed by atoms with Gasteiger partial charge in [0.15, 0.2) is 0 Å². The van der Waals surface area contributed by atoms with Gasteiger partial charge in [-0.1, -0.05) is 44.2 Å². The van der Waals surface area contributed by atoms with E-state index >= 15 is 0 Å². The quantitative estimate of drug-likeness (QED) is 0.616. The lowest BCUT2D eigenvalue weighted by Crippen LogP contribution is -2.56. The first-order valence-electron chi connectivity index (χ1n) is 10.4. The fourth-order valence-electron chi connectivity index (χ4n) is 3.38. The summed E-state index contributed by atoms with van der Waals surface area (Å²) in [5, 5.41) is 5.69. The van der Waals surface area contributed by atoms with E-state index in [-0.39, 0.29) is 17.9 Å². The number of aryl methyl sites for hydroxylation is 1. The minimum Gasteiger partial charge on any atom is -0.345 e. The van der Waals surface area contributed by atoms with Gasteiger partial charge in [-0.25, -0.2) is 4.79 Å². The highest BCUT2D eigenvalue weighted by Crippen LogP contribution is 2.09. The Balaban J connectivity index is 1.92. The van der Waals surface area contributed by atoms with Crippen LogP contribution >= 0.6 is 0 Å². The molecule has 0 aromatic heterocycles. The number of nitrogens with one attached hydrogen (secondary N) is 2. The Morgan fingerprint density at radius 3 is 2.31 bits per heavy atom. The van der Waals surface area contributed by atoms with Crippen molar-refractivity contribution in [1.29, 1.82) is 0 Å². The molecule has 7 heteroatoms. The van der Waals surface area contributed by atoms with E-state index in [1.165, 1.54) is 0 Å². The third-order valence-electron chi connectivity index (χ3n) is 5.19. The Labute approximate surface area is 173 Å². The summed E-state index contributed by atoms with van der Waals surface area (Å²) < 4.78 is 0. The summed E-state index contributed by atoms with van der Waals surface area (Å²) >= 11 is 0. The highest BCUT2D eigenvalue weighted by Gasteiger charge is 2.27. The Kier molecular flexibility index (Phi) is 9.12. The largest absolute Gasteiger partial charge is 0.345 e. The number of carbonyl (C=O) groups excluding carboxylic acids is 3. The molecule has 1 heterocycles. The molecule has 1 aromatic rings. The number of hydrogen-bond acceptors (Lipinski definition) is 4. The van der Waals surface area contributed by atoms with Gasteiger partial charge in [0.25, 0.3) is 0 Å². The van der Waals surface area contributed by atoms with E-state index < -0.39 is 12.1 Å². The SMILES string of the molecule is CC(C)C[C@H](NC(=O)N1CCN(C)CC1)C(=O)N[C@H](C=O)CCc1ccccc1. The molecule has 1 aromatic carbocycles. The van der Waals surface area contributed by atoms with Crippen LogP contribution in [0.4, 0.5) is 4.79 Å². The number of amides is 3. The lowest BCUT2D eigenvalue weighted by Gasteiger charge is -2.33. The average Bonchev–Trinajstić information content (AvgIpc) is 2.71. The van der Waals surface area contributed by atoms with Gasteiger partial charge in [-0.15, -0.1) is 0 Å². The Bertz CT molecular complexity index is 657. The van der Waals surface area contributed by atoms with Crippen molar-refractivity contribution in [3.63, 3.8) is 0 Å². The van der Waals surface area contributed by atoms with Crippen molar-refractivity contribution in [1.82, 2.24) is 20.4 Å². The monoisotopic (exact) mass is 402 g/mol. The van der Waals surface area contributed by atoms with Crippen molar-refractivity contribution >= 4 is 18.2 Å². The van der Waals surface area contributed by atoms with E-state index in [9.17, 15) is 14.4 Å². The summed E-state index contributed by atoms with van der Waals surface area (Å²) in [6.07, 6.45) is 2.53. The normalized spacial score (nSPS) is 16.9. The zero-order chi connectivity index (χ0) is 21.2. The molecule has 1 aliphatic heterocycles. The van der Waals surface area contributed by atoms with Gasteiger partial charge in [-0.3, -0.25) is 4.79 Å². The molecule has 29 heavy (non-hydrogen) atoms. The van der Waals surface area contributed by atoms with Crippen molar-refractivity contribution in [3.05, 3.63) is 35.9 Å². The lowest BCUT2D eigenvalue weighted by molar-refractivity contribution is -0.126. The molecule has 1 fully saturated rings. The maximum absolute atomic E-state index is 12.8. The van der Waals surface area contributed by atoms with Crippen molar-refractivity contribution in [3.8, 4) is 0 Å². The number of nitrogens with zero attached hydrogens (tertiary/aromatic N) is 2. The molecule has 0 radical (unpaired) electrons. The van der Waals surface area contributed by atoms with Crippen molar-refractivity contribution < 1.29 is 14.4 Å². The number of hydrogen-bond donors (Lipinski definition) is 2. The first-order chi connectivity index (χ1) is 13.9. The number of urea groups is 1. The first-order valence-corrected chi connectivity index (χ1v) is 10.4. The Hall–Kier alpha value is -2.41. The molecule has 0 saturated carbocycles. The van der Waals surface area contributed by atoms with Crippen LogP contribution in [-0.2, 0) is 16.0 Å². The first kappa shape index (κ1) is 22.9. The van der Waals surface area contributed by atoms with Crippen molar-refractivity contribution in [2.45, 2.75) is 45.2 Å². The Morgan fingerprint density at radius 1 is 1.07 bits per heavy atom. The molecular formula is C22H34N4O3. The van der Waals surface area contributed by atoms with E-state index in [4.69, 9.17) is 0 Å². The molecule has 7 nitrogen and oxygen atoms in total. The predicted octanol–water partition coefficient (Wildman–Crippen LogP) is 1.67. The maximum Gasteiger partial charge on any atom is 0.318 e. The van der Waals surface area contributed by atoms with Crippen molar-refractivity contribution in [2.75, 3.05) is 33.2 Å². The third-order valence-corrected chi connectivity index (χ3v) is 5.19. The van der Waals surface area contributed by atoms with Gasteiger partial charge >= 0.3 is 6.03 Å². The van der Waals surface area contributed by atoms with Crippen LogP contribution in [0.5, 0.6) is 0 Å². The van der Waals surface area contributed by atoms with E-state index in [1.54, 1.807) is 4.90 Å². The van der Waals surface area contributed by atoms with E-state index in [2.05, 4.69) is 15.5 Å². The lowest BCUT2D eigenvalue weighted by atomic mass is 10.0. The number of piperazine rings is 1. The molecule has 0 unspecified atom stereocenters. The minimum absolute atomic E-state index is 0.217. The maximum atomic E-state index is 12.8. The van der Waals surface area contributed by atoms with Crippen LogP contribution in [0.1, 0.15) is 32.3 Å². The second-order valence-corrected chi connectivity index (χ2v) is 8.20. The van der Waals surface area contributed by atoms with E-state index in [0.717, 1.165) is 24.9 Å². The summed E-state index contributed by atoms with van der Waals surface area (Å²) in [6.45, 7) is 6.95. The van der Waals surface area contributed by atoms with Gasteiger partial charge in [0.05, 0.1) is 6.04 Å². The van der Waals surface area contributed by atoms with Gasteiger partial charge < -0.3 is 25.2 Å². The van der Waals surface area contributed by atoms with Gasteiger partial charge in [-0.2, -0.15) is 0 Å². The molecule has 2 N–H and O–H groups in total. The fraction of sp³-hybridized carbons (Fsp3) is 0.591. The Morgan fingerprint density at radius 2 is 1.72 bits per heavy atom. The zero-order valence-electron chi connectivity index (χ0n) is 17.8. The fourth-order valence-corrected chi connectivity index (χ4v) is 3.38. The molecule has 1 saturated heterocycles. The molecule has 2 atom stereocenters. The van der Waals surface area contributed by atoms with Crippen LogP contribution in [0.3, 0.4) is 0 Å².